The van der Waals surface area contributed by atoms with Gasteiger partial charge in [0.2, 0.25) is 0 Å². The lowest BCUT2D eigenvalue weighted by atomic mass is 9.50. The summed E-state index contributed by atoms with van der Waals surface area (Å²) in [6, 6.07) is 5.59. The average Bonchev–Trinajstić information content (AvgIpc) is 2.37. The molecular formula is C17H22O3. The number of aromatic hydroxyl groups is 1. The molecule has 2 N–H and O–H groups in total. The second-order valence-electron chi connectivity index (χ2n) is 6.93. The summed E-state index contributed by atoms with van der Waals surface area (Å²) in [6.07, 6.45) is 4.53. The van der Waals surface area contributed by atoms with E-state index >= 15 is 0 Å². The highest BCUT2D eigenvalue weighted by Gasteiger charge is 2.55. The van der Waals surface area contributed by atoms with E-state index < -0.39 is 11.4 Å². The van der Waals surface area contributed by atoms with Crippen molar-refractivity contribution in [2.24, 2.45) is 11.3 Å². The number of carbonyl (C=O) groups is 1. The van der Waals surface area contributed by atoms with Crippen LogP contribution in [0.2, 0.25) is 0 Å². The number of phenolic OH excluding ortho intramolecular Hbond substituents is 1. The maximum absolute atomic E-state index is 11.8. The Balaban J connectivity index is 2.12. The Morgan fingerprint density at radius 1 is 1.30 bits per heavy atom. The largest absolute Gasteiger partial charge is 0.508 e. The van der Waals surface area contributed by atoms with Crippen LogP contribution in [0.4, 0.5) is 0 Å². The van der Waals surface area contributed by atoms with E-state index in [1.807, 2.05) is 19.1 Å². The van der Waals surface area contributed by atoms with Gasteiger partial charge in [0.05, 0.1) is 5.41 Å². The number of phenols is 1. The summed E-state index contributed by atoms with van der Waals surface area (Å²) in [5, 5.41) is 19.4. The third kappa shape index (κ3) is 1.68. The summed E-state index contributed by atoms with van der Waals surface area (Å²) >= 11 is 0. The van der Waals surface area contributed by atoms with Gasteiger partial charge in [0.25, 0.3) is 0 Å². The number of fused-ring (bicyclic) bond motifs is 3. The van der Waals surface area contributed by atoms with Crippen molar-refractivity contribution in [2.45, 2.75) is 51.4 Å². The first-order chi connectivity index (χ1) is 9.38. The average molecular weight is 274 g/mol. The number of rotatable bonds is 1. The zero-order valence-electron chi connectivity index (χ0n) is 12.1. The van der Waals surface area contributed by atoms with E-state index in [9.17, 15) is 15.0 Å². The van der Waals surface area contributed by atoms with Gasteiger partial charge in [-0.3, -0.25) is 4.79 Å². The summed E-state index contributed by atoms with van der Waals surface area (Å²) < 4.78 is 0. The third-order valence-corrected chi connectivity index (χ3v) is 5.83. The van der Waals surface area contributed by atoms with Gasteiger partial charge in [0, 0.05) is 0 Å². The molecule has 2 aliphatic rings. The molecule has 3 nitrogen and oxygen atoms in total. The van der Waals surface area contributed by atoms with Crippen molar-refractivity contribution in [2.75, 3.05) is 0 Å². The molecule has 3 heteroatoms. The lowest BCUT2D eigenvalue weighted by Crippen LogP contribution is -2.52. The van der Waals surface area contributed by atoms with Gasteiger partial charge in [-0.2, -0.15) is 0 Å². The Kier molecular flexibility index (Phi) is 2.86. The Hall–Kier alpha value is -1.51. The van der Waals surface area contributed by atoms with E-state index in [0.717, 1.165) is 32.1 Å². The molecule has 108 valence electrons. The van der Waals surface area contributed by atoms with Gasteiger partial charge in [-0.15, -0.1) is 0 Å². The van der Waals surface area contributed by atoms with Gasteiger partial charge in [-0.05, 0) is 67.2 Å². The monoisotopic (exact) mass is 274 g/mol. The number of carboxylic acid groups (broad SMARTS) is 1. The highest BCUT2D eigenvalue weighted by molar-refractivity contribution is 5.75. The lowest BCUT2D eigenvalue weighted by Gasteiger charge is -2.53. The zero-order valence-corrected chi connectivity index (χ0v) is 12.1. The fraction of sp³-hybridized carbons (Fsp3) is 0.588. The van der Waals surface area contributed by atoms with Crippen molar-refractivity contribution in [1.29, 1.82) is 0 Å². The molecule has 1 aromatic rings. The van der Waals surface area contributed by atoms with Crippen molar-refractivity contribution in [1.82, 2.24) is 0 Å². The standard InChI is InChI=1S/C17H22O3/c1-16-8-3-9-17(2,15(19)20)14(16)7-4-11-10-12(18)5-6-13(11)16/h5-6,10,14,18H,3-4,7-9H2,1-2H3,(H,19,20)/t14-,16+,17-/m1/s1. The van der Waals surface area contributed by atoms with Crippen LogP contribution in [0.1, 0.15) is 50.7 Å². The van der Waals surface area contributed by atoms with Crippen LogP contribution >= 0.6 is 0 Å². The second kappa shape index (κ2) is 4.24. The molecule has 0 unspecified atom stereocenters. The van der Waals surface area contributed by atoms with Crippen LogP contribution in [-0.4, -0.2) is 16.2 Å². The quantitative estimate of drug-likeness (QED) is 0.824. The van der Waals surface area contributed by atoms with E-state index in [-0.39, 0.29) is 11.3 Å². The molecule has 0 aliphatic heterocycles. The van der Waals surface area contributed by atoms with Crippen LogP contribution in [0.15, 0.2) is 18.2 Å². The summed E-state index contributed by atoms with van der Waals surface area (Å²) in [6.45, 7) is 4.13. The number of hydrogen-bond acceptors (Lipinski definition) is 2. The predicted molar refractivity (Wildman–Crippen MR) is 76.9 cm³/mol. The number of carboxylic acids is 1. The maximum atomic E-state index is 11.8. The van der Waals surface area contributed by atoms with Gasteiger partial charge in [0.15, 0.2) is 0 Å². The molecule has 0 radical (unpaired) electrons. The molecule has 0 heterocycles. The molecule has 0 saturated heterocycles. The van der Waals surface area contributed by atoms with Crippen LogP contribution in [0, 0.1) is 11.3 Å². The van der Waals surface area contributed by atoms with Gasteiger partial charge < -0.3 is 10.2 Å². The summed E-state index contributed by atoms with van der Waals surface area (Å²) in [5.41, 5.74) is 1.74. The molecule has 0 bridgehead atoms. The van der Waals surface area contributed by atoms with Crippen molar-refractivity contribution in [3.63, 3.8) is 0 Å². The normalized spacial score (nSPS) is 36.0. The second-order valence-corrected chi connectivity index (χ2v) is 6.93. The Bertz CT molecular complexity index is 565. The van der Waals surface area contributed by atoms with E-state index in [0.29, 0.717) is 5.75 Å². The molecule has 1 aromatic carbocycles. The van der Waals surface area contributed by atoms with E-state index in [1.54, 1.807) is 6.07 Å². The molecule has 1 saturated carbocycles. The highest BCUT2D eigenvalue weighted by atomic mass is 16.4. The highest BCUT2D eigenvalue weighted by Crippen LogP contribution is 2.57. The first kappa shape index (κ1) is 13.5. The van der Waals surface area contributed by atoms with Gasteiger partial charge in [-0.1, -0.05) is 19.4 Å². The van der Waals surface area contributed by atoms with Gasteiger partial charge in [0.1, 0.15) is 5.75 Å². The van der Waals surface area contributed by atoms with Crippen molar-refractivity contribution in [3.8, 4) is 5.75 Å². The smallest absolute Gasteiger partial charge is 0.309 e. The number of aryl methyl sites for hydroxylation is 1. The Morgan fingerprint density at radius 2 is 2.05 bits per heavy atom. The van der Waals surface area contributed by atoms with Crippen LogP contribution in [-0.2, 0) is 16.6 Å². The van der Waals surface area contributed by atoms with Crippen LogP contribution < -0.4 is 0 Å². The minimum Gasteiger partial charge on any atom is -0.508 e. The van der Waals surface area contributed by atoms with E-state index in [1.165, 1.54) is 11.1 Å². The van der Waals surface area contributed by atoms with Crippen LogP contribution in [0.25, 0.3) is 0 Å². The Morgan fingerprint density at radius 3 is 2.75 bits per heavy atom. The molecule has 3 atom stereocenters. The summed E-state index contributed by atoms with van der Waals surface area (Å²) in [5.74, 6) is -0.170. The molecule has 0 aromatic heterocycles. The van der Waals surface area contributed by atoms with Crippen molar-refractivity contribution in [3.05, 3.63) is 29.3 Å². The molecule has 1 fully saturated rings. The first-order valence-electron chi connectivity index (χ1n) is 7.44. The number of hydrogen-bond donors (Lipinski definition) is 2. The lowest BCUT2D eigenvalue weighted by molar-refractivity contribution is -0.157. The summed E-state index contributed by atoms with van der Waals surface area (Å²) in [7, 11) is 0. The fourth-order valence-electron chi connectivity index (χ4n) is 4.73. The Labute approximate surface area is 119 Å². The topological polar surface area (TPSA) is 57.5 Å². The SMILES string of the molecule is C[C@@]1(C(=O)O)CCC[C@@]2(C)c3ccc(O)cc3CC[C@@H]12. The number of benzene rings is 1. The minimum absolute atomic E-state index is 0.0767. The van der Waals surface area contributed by atoms with Crippen LogP contribution in [0.3, 0.4) is 0 Å². The predicted octanol–water partition coefficient (Wildman–Crippen LogP) is 3.49. The number of aliphatic carboxylic acids is 1. The molecule has 2 aliphatic carbocycles. The van der Waals surface area contributed by atoms with Gasteiger partial charge >= 0.3 is 5.97 Å². The van der Waals surface area contributed by atoms with Crippen molar-refractivity contribution < 1.29 is 15.0 Å². The molecule has 0 amide bonds. The first-order valence-corrected chi connectivity index (χ1v) is 7.44. The van der Waals surface area contributed by atoms with E-state index in [2.05, 4.69) is 6.92 Å². The maximum Gasteiger partial charge on any atom is 0.309 e. The van der Waals surface area contributed by atoms with E-state index in [4.69, 9.17) is 0 Å². The summed E-state index contributed by atoms with van der Waals surface area (Å²) in [4.78, 5) is 11.8. The fourth-order valence-corrected chi connectivity index (χ4v) is 4.73. The van der Waals surface area contributed by atoms with Crippen LogP contribution in [0.5, 0.6) is 5.75 Å². The molecule has 20 heavy (non-hydrogen) atoms. The third-order valence-electron chi connectivity index (χ3n) is 5.83. The molecule has 3 rings (SSSR count). The zero-order chi connectivity index (χ0) is 14.5. The molecule has 0 spiro atoms. The van der Waals surface area contributed by atoms with Crippen molar-refractivity contribution >= 4 is 5.97 Å². The van der Waals surface area contributed by atoms with Gasteiger partial charge in [-0.25, -0.2) is 0 Å². The molecular weight excluding hydrogens is 252 g/mol. The minimum atomic E-state index is -0.657.